The second-order valence-electron chi connectivity index (χ2n) is 5.33. The van der Waals surface area contributed by atoms with Crippen molar-refractivity contribution < 1.29 is 4.74 Å². The molecule has 0 aromatic carbocycles. The zero-order valence-electron chi connectivity index (χ0n) is 11.9. The summed E-state index contributed by atoms with van der Waals surface area (Å²) >= 11 is 1.77. The molecule has 0 N–H and O–H groups in total. The van der Waals surface area contributed by atoms with Crippen molar-refractivity contribution in [2.75, 3.05) is 19.8 Å². The van der Waals surface area contributed by atoms with Gasteiger partial charge in [-0.15, -0.1) is 0 Å². The summed E-state index contributed by atoms with van der Waals surface area (Å²) in [7, 11) is 0. The third-order valence-electron chi connectivity index (χ3n) is 3.68. The molecule has 1 aliphatic rings. The molecule has 1 aliphatic heterocycles. The van der Waals surface area contributed by atoms with Crippen LogP contribution in [0.4, 0.5) is 0 Å². The summed E-state index contributed by atoms with van der Waals surface area (Å²) in [6.45, 7) is 7.67. The Morgan fingerprint density at radius 3 is 3.15 bits per heavy atom. The van der Waals surface area contributed by atoms with E-state index in [1.54, 1.807) is 11.3 Å². The lowest BCUT2D eigenvalue weighted by molar-refractivity contribution is 0.0841. The van der Waals surface area contributed by atoms with Crippen molar-refractivity contribution in [3.8, 4) is 0 Å². The molecule has 1 atom stereocenters. The van der Waals surface area contributed by atoms with Crippen LogP contribution in [-0.2, 0) is 24.4 Å². The quantitative estimate of drug-likeness (QED) is 0.848. The molecular weight excluding hydrogens is 270 g/mol. The summed E-state index contributed by atoms with van der Waals surface area (Å²) in [5.74, 6) is 0.509. The maximum absolute atomic E-state index is 5.64. The number of thiophene rings is 1. The van der Waals surface area contributed by atoms with Gasteiger partial charge in [0.15, 0.2) is 0 Å². The van der Waals surface area contributed by atoms with E-state index in [4.69, 9.17) is 4.74 Å². The van der Waals surface area contributed by atoms with E-state index in [9.17, 15) is 0 Å². The van der Waals surface area contributed by atoms with Crippen LogP contribution in [0.2, 0.25) is 0 Å². The number of aromatic nitrogens is 2. The van der Waals surface area contributed by atoms with E-state index < -0.39 is 0 Å². The number of hydrogen-bond donors (Lipinski definition) is 0. The molecule has 0 saturated carbocycles. The van der Waals surface area contributed by atoms with Gasteiger partial charge in [0.05, 0.1) is 12.3 Å². The molecule has 108 valence electrons. The van der Waals surface area contributed by atoms with Gasteiger partial charge < -0.3 is 4.74 Å². The predicted octanol–water partition coefficient (Wildman–Crippen LogP) is 2.61. The lowest BCUT2D eigenvalue weighted by Gasteiger charge is -2.23. The van der Waals surface area contributed by atoms with Crippen LogP contribution in [-0.4, -0.2) is 34.4 Å². The highest BCUT2D eigenvalue weighted by molar-refractivity contribution is 7.07. The maximum atomic E-state index is 5.64. The fourth-order valence-corrected chi connectivity index (χ4v) is 3.43. The van der Waals surface area contributed by atoms with E-state index in [-0.39, 0.29) is 0 Å². The Labute approximate surface area is 124 Å². The molecule has 0 bridgehead atoms. The average Bonchev–Trinajstić information content (AvgIpc) is 3.06. The first-order chi connectivity index (χ1) is 9.85. The van der Waals surface area contributed by atoms with Crippen molar-refractivity contribution in [2.24, 2.45) is 5.92 Å². The summed E-state index contributed by atoms with van der Waals surface area (Å²) in [6.07, 6.45) is 1.90. The molecule has 0 radical (unpaired) electrons. The van der Waals surface area contributed by atoms with Crippen molar-refractivity contribution in [1.29, 1.82) is 0 Å². The van der Waals surface area contributed by atoms with Gasteiger partial charge in [-0.2, -0.15) is 16.4 Å². The van der Waals surface area contributed by atoms with Crippen LogP contribution in [0.5, 0.6) is 0 Å². The highest BCUT2D eigenvalue weighted by Gasteiger charge is 2.22. The standard InChI is InChI=1S/C15H21N3OS/c1-2-19-11-14-8-17(7-13-4-6-20-12-13)10-15-3-5-16-18(15)9-14/h3-6,12,14H,2,7-11H2,1H3. The number of fused-ring (bicyclic) bond motifs is 1. The maximum Gasteiger partial charge on any atom is 0.0524 e. The van der Waals surface area contributed by atoms with Crippen LogP contribution in [0.25, 0.3) is 0 Å². The van der Waals surface area contributed by atoms with Gasteiger partial charge in [-0.05, 0) is 35.4 Å². The van der Waals surface area contributed by atoms with E-state index in [0.717, 1.165) is 39.4 Å². The van der Waals surface area contributed by atoms with Gasteiger partial charge in [0.1, 0.15) is 0 Å². The molecule has 0 saturated heterocycles. The second kappa shape index (κ2) is 6.52. The van der Waals surface area contributed by atoms with Gasteiger partial charge in [-0.25, -0.2) is 0 Å². The first-order valence-electron chi connectivity index (χ1n) is 7.17. The Hall–Kier alpha value is -1.17. The van der Waals surface area contributed by atoms with Gasteiger partial charge in [-0.3, -0.25) is 9.58 Å². The molecule has 20 heavy (non-hydrogen) atoms. The van der Waals surface area contributed by atoms with Crippen LogP contribution in [0, 0.1) is 5.92 Å². The minimum absolute atomic E-state index is 0.509. The molecule has 2 aromatic heterocycles. The summed E-state index contributed by atoms with van der Waals surface area (Å²) in [6, 6.07) is 4.34. The van der Waals surface area contributed by atoms with Crippen LogP contribution in [0.3, 0.4) is 0 Å². The highest BCUT2D eigenvalue weighted by atomic mass is 32.1. The molecule has 1 unspecified atom stereocenters. The van der Waals surface area contributed by atoms with Crippen molar-refractivity contribution in [2.45, 2.75) is 26.6 Å². The molecule has 0 fully saturated rings. The average molecular weight is 291 g/mol. The molecule has 0 aliphatic carbocycles. The summed E-state index contributed by atoms with van der Waals surface area (Å²) in [5, 5.41) is 8.83. The Kier molecular flexibility index (Phi) is 4.50. The predicted molar refractivity (Wildman–Crippen MR) is 80.6 cm³/mol. The van der Waals surface area contributed by atoms with Gasteiger partial charge >= 0.3 is 0 Å². The highest BCUT2D eigenvalue weighted by Crippen LogP contribution is 2.19. The van der Waals surface area contributed by atoms with E-state index in [2.05, 4.69) is 44.5 Å². The lowest BCUT2D eigenvalue weighted by atomic mass is 10.1. The topological polar surface area (TPSA) is 30.3 Å². The molecule has 5 heteroatoms. The largest absolute Gasteiger partial charge is 0.381 e. The monoisotopic (exact) mass is 291 g/mol. The Morgan fingerprint density at radius 1 is 1.40 bits per heavy atom. The number of rotatable bonds is 5. The Balaban J connectivity index is 1.73. The molecule has 4 nitrogen and oxygen atoms in total. The van der Waals surface area contributed by atoms with Gasteiger partial charge in [0.2, 0.25) is 0 Å². The smallest absolute Gasteiger partial charge is 0.0524 e. The Bertz CT molecular complexity index is 523. The Morgan fingerprint density at radius 2 is 2.35 bits per heavy atom. The van der Waals surface area contributed by atoms with E-state index in [0.29, 0.717) is 5.92 Å². The van der Waals surface area contributed by atoms with Crippen LogP contribution in [0.15, 0.2) is 29.1 Å². The van der Waals surface area contributed by atoms with E-state index in [1.165, 1.54) is 11.3 Å². The van der Waals surface area contributed by atoms with Crippen LogP contribution < -0.4 is 0 Å². The third kappa shape index (κ3) is 3.29. The van der Waals surface area contributed by atoms with Gasteiger partial charge in [0.25, 0.3) is 0 Å². The van der Waals surface area contributed by atoms with Gasteiger partial charge in [-0.1, -0.05) is 0 Å². The van der Waals surface area contributed by atoms with Crippen molar-refractivity contribution >= 4 is 11.3 Å². The van der Waals surface area contributed by atoms with E-state index in [1.807, 2.05) is 6.20 Å². The zero-order valence-corrected chi connectivity index (χ0v) is 12.7. The summed E-state index contributed by atoms with van der Waals surface area (Å²) in [5.41, 5.74) is 2.71. The number of nitrogens with zero attached hydrogens (tertiary/aromatic N) is 3. The first-order valence-corrected chi connectivity index (χ1v) is 8.11. The normalized spacial score (nSPS) is 19.8. The van der Waals surface area contributed by atoms with Gasteiger partial charge in [0, 0.05) is 44.9 Å². The number of ether oxygens (including phenoxy) is 1. The summed E-state index contributed by atoms with van der Waals surface area (Å²) in [4.78, 5) is 2.51. The fourth-order valence-electron chi connectivity index (χ4n) is 2.77. The minimum atomic E-state index is 0.509. The number of hydrogen-bond acceptors (Lipinski definition) is 4. The molecule has 0 amide bonds. The van der Waals surface area contributed by atoms with Crippen molar-refractivity contribution in [3.05, 3.63) is 40.3 Å². The first kappa shape index (κ1) is 13.8. The SMILES string of the molecule is CCOCC1CN(Cc2ccsc2)Cc2ccnn2C1. The van der Waals surface area contributed by atoms with Crippen molar-refractivity contribution in [3.63, 3.8) is 0 Å². The lowest BCUT2D eigenvalue weighted by Crippen LogP contribution is -2.30. The molecule has 0 spiro atoms. The fraction of sp³-hybridized carbons (Fsp3) is 0.533. The van der Waals surface area contributed by atoms with E-state index >= 15 is 0 Å². The second-order valence-corrected chi connectivity index (χ2v) is 6.11. The molecule has 3 heterocycles. The van der Waals surface area contributed by atoms with Crippen LogP contribution in [0.1, 0.15) is 18.2 Å². The third-order valence-corrected chi connectivity index (χ3v) is 4.41. The zero-order chi connectivity index (χ0) is 13.8. The van der Waals surface area contributed by atoms with Crippen LogP contribution >= 0.6 is 11.3 Å². The molecule has 2 aromatic rings. The molecular formula is C15H21N3OS. The van der Waals surface area contributed by atoms with Crippen molar-refractivity contribution in [1.82, 2.24) is 14.7 Å². The molecule has 3 rings (SSSR count). The summed E-state index contributed by atoms with van der Waals surface area (Å²) < 4.78 is 7.77. The minimum Gasteiger partial charge on any atom is -0.381 e.